The van der Waals surface area contributed by atoms with E-state index in [0.29, 0.717) is 29.0 Å². The Kier molecular flexibility index (Phi) is 27.5. The first-order valence-electron chi connectivity index (χ1n) is 18.0. The first-order chi connectivity index (χ1) is 28.9. The number of nitro groups is 1. The molecule has 16 nitrogen and oxygen atoms in total. The van der Waals surface area contributed by atoms with E-state index in [-0.39, 0.29) is 20.5 Å². The number of halogens is 3. The first-order valence-corrected chi connectivity index (χ1v) is 21.9. The van der Waals surface area contributed by atoms with Crippen molar-refractivity contribution in [2.45, 2.75) is 74.4 Å². The molecular formula is C43H59F3N8O8S2. The fourth-order valence-electron chi connectivity index (χ4n) is 4.32. The third-order valence-corrected chi connectivity index (χ3v) is 8.67. The van der Waals surface area contributed by atoms with Gasteiger partial charge in [0, 0.05) is 41.0 Å². The third-order valence-electron chi connectivity index (χ3n) is 7.20. The topological polar surface area (TPSA) is 210 Å². The Bertz CT molecular complexity index is 2300. The molecule has 6 aromatic rings. The normalized spacial score (nSPS) is 10.1. The van der Waals surface area contributed by atoms with Crippen molar-refractivity contribution in [3.05, 3.63) is 147 Å². The van der Waals surface area contributed by atoms with Gasteiger partial charge >= 0.3 is 12.2 Å². The molecule has 3 aromatic heterocycles. The lowest BCUT2D eigenvalue weighted by Gasteiger charge is -2.05. The molecule has 6 rings (SSSR count). The summed E-state index contributed by atoms with van der Waals surface area (Å²) in [5.74, 6) is 2.90. The Balaban J connectivity index is 0. The van der Waals surface area contributed by atoms with E-state index < -0.39 is 26.8 Å². The summed E-state index contributed by atoms with van der Waals surface area (Å²) >= 11 is 0. The average Bonchev–Trinajstić information content (AvgIpc) is 3.64. The smallest absolute Gasteiger partial charge is 0.416 e. The molecule has 0 bridgehead atoms. The number of rotatable bonds is 6. The van der Waals surface area contributed by atoms with E-state index in [1.807, 2.05) is 40.8 Å². The van der Waals surface area contributed by atoms with Crippen LogP contribution in [0.2, 0.25) is 0 Å². The van der Waals surface area contributed by atoms with Crippen molar-refractivity contribution in [1.29, 1.82) is 0 Å². The number of aryl methyl sites for hydroxylation is 7. The minimum absolute atomic E-state index is 0. The molecule has 0 N–H and O–H groups in total. The molecule has 3 heterocycles. The molecule has 64 heavy (non-hydrogen) atoms. The molecule has 0 aliphatic heterocycles. The number of non-ortho nitro benzene ring substituents is 1. The highest BCUT2D eigenvalue weighted by molar-refractivity contribution is 7.95. The maximum absolute atomic E-state index is 11.9. The predicted molar refractivity (Wildman–Crippen MR) is 243 cm³/mol. The standard InChI is InChI=1S/C10H9N3O2.C9H13S.C8H7F3.C7H10N2O2.C6H9N3.CH4O4S.2CH4/c1-8-6-11-12(7-8)9-2-4-10(5-3-9)13(14)15;1-8-4-6-9(7-5-8)10(2)3;1-6-2-4-7(5-3-6)8(9,10)11;1-5-4-6(10-2)9-7(8-5)11-3;1-4-7-5(2)9-6(3)8-4;1-6(3,4)5-2;;/h2-7H,1H3;4-7H,1-3H3;2-5H,1H3;4H,1-3H3;1-3H3;2H,1H3;2*1H4/q;+1;;;;;;/p-1. The van der Waals surface area contributed by atoms with E-state index in [1.54, 1.807) is 43.1 Å². The molecule has 0 aliphatic carbocycles. The van der Waals surface area contributed by atoms with Crippen LogP contribution < -0.4 is 14.7 Å². The van der Waals surface area contributed by atoms with Gasteiger partial charge in [-0.05, 0) is 90.4 Å². The Labute approximate surface area is 377 Å². The van der Waals surface area contributed by atoms with E-state index in [0.717, 1.165) is 52.1 Å². The van der Waals surface area contributed by atoms with Gasteiger partial charge in [-0.15, -0.1) is 0 Å². The highest BCUT2D eigenvalue weighted by atomic mass is 32.2. The van der Waals surface area contributed by atoms with Crippen molar-refractivity contribution in [1.82, 2.24) is 34.7 Å². The van der Waals surface area contributed by atoms with Crippen molar-refractivity contribution < 1.29 is 45.6 Å². The second kappa shape index (κ2) is 29.4. The lowest BCUT2D eigenvalue weighted by molar-refractivity contribution is -0.634. The van der Waals surface area contributed by atoms with Gasteiger partial charge in [0.05, 0.1) is 42.8 Å². The van der Waals surface area contributed by atoms with Gasteiger partial charge in [0.25, 0.3) is 15.8 Å². The largest absolute Gasteiger partial charge is 0.707 e. The summed E-state index contributed by atoms with van der Waals surface area (Å²) < 4.78 is 68.8. The summed E-state index contributed by atoms with van der Waals surface area (Å²) in [4.78, 5) is 31.4. The molecule has 0 saturated heterocycles. The van der Waals surface area contributed by atoms with Crippen molar-refractivity contribution in [2.75, 3.05) is 33.0 Å². The number of nitro benzene ring substituents is 1. The molecule has 0 atom stereocenters. The molecule has 0 spiro atoms. The van der Waals surface area contributed by atoms with Gasteiger partial charge in [0.15, 0.2) is 4.90 Å². The van der Waals surface area contributed by atoms with Crippen LogP contribution in [0, 0.1) is 58.6 Å². The van der Waals surface area contributed by atoms with Crippen molar-refractivity contribution >= 4 is 26.7 Å². The van der Waals surface area contributed by atoms with Crippen LogP contribution in [0.3, 0.4) is 0 Å². The van der Waals surface area contributed by atoms with Crippen molar-refractivity contribution in [3.8, 4) is 17.6 Å². The third kappa shape index (κ3) is 25.2. The quantitative estimate of drug-likeness (QED) is 0.0664. The van der Waals surface area contributed by atoms with E-state index in [9.17, 15) is 31.7 Å². The molecule has 352 valence electrons. The summed E-state index contributed by atoms with van der Waals surface area (Å²) in [6, 6.07) is 22.1. The van der Waals surface area contributed by atoms with Crippen LogP contribution in [0.4, 0.5) is 18.9 Å². The van der Waals surface area contributed by atoms with Gasteiger partial charge < -0.3 is 19.1 Å². The minimum Gasteiger partial charge on any atom is -0.707 e. The van der Waals surface area contributed by atoms with Gasteiger partial charge in [0.2, 0.25) is 5.88 Å². The van der Waals surface area contributed by atoms with Crippen molar-refractivity contribution in [3.63, 3.8) is 0 Å². The maximum atomic E-state index is 11.9. The SMILES string of the molecule is C.C.COc1cc(C)nc(OC)n1.CS(=O)(=O)O[O-].Cc1ccc(C(F)(F)F)cc1.Cc1ccc([S+](C)C)cc1.Cc1cnn(-c2ccc([N+](=O)[O-])cc2)c1.Cc1nc(C)nc(C)n1. The highest BCUT2D eigenvalue weighted by Gasteiger charge is 2.29. The van der Waals surface area contributed by atoms with Gasteiger partial charge in [-0.1, -0.05) is 50.2 Å². The van der Waals surface area contributed by atoms with Crippen LogP contribution in [-0.2, 0) is 31.5 Å². The number of alkyl halides is 3. The number of ether oxygens (including phenoxy) is 2. The Morgan fingerprint density at radius 1 is 0.703 bits per heavy atom. The Morgan fingerprint density at radius 3 is 1.50 bits per heavy atom. The maximum Gasteiger partial charge on any atom is 0.416 e. The van der Waals surface area contributed by atoms with Gasteiger partial charge in [-0.3, -0.25) is 10.1 Å². The zero-order chi connectivity index (χ0) is 47.2. The number of nitrogens with zero attached hydrogens (tertiary/aromatic N) is 8. The summed E-state index contributed by atoms with van der Waals surface area (Å²) in [7, 11) is -0.226. The van der Waals surface area contributed by atoms with Crippen LogP contribution in [0.5, 0.6) is 11.9 Å². The lowest BCUT2D eigenvalue weighted by Crippen LogP contribution is -2.12. The monoisotopic (exact) mass is 936 g/mol. The molecule has 0 radical (unpaired) electrons. The molecule has 0 unspecified atom stereocenters. The van der Waals surface area contributed by atoms with E-state index >= 15 is 0 Å². The first kappa shape index (κ1) is 60.1. The summed E-state index contributed by atoms with van der Waals surface area (Å²) in [6.07, 6.45) is 4.55. The number of hydrogen-bond acceptors (Lipinski definition) is 14. The number of aromatic nitrogens is 7. The summed E-state index contributed by atoms with van der Waals surface area (Å²) in [5, 5.41) is 23.4. The van der Waals surface area contributed by atoms with Crippen LogP contribution in [0.1, 0.15) is 60.3 Å². The number of methoxy groups -OCH3 is 2. The van der Waals surface area contributed by atoms with E-state index in [4.69, 9.17) is 14.7 Å². The van der Waals surface area contributed by atoms with Gasteiger partial charge in [-0.25, -0.2) is 33.0 Å². The molecule has 0 saturated carbocycles. The summed E-state index contributed by atoms with van der Waals surface area (Å²) in [5.41, 5.74) is 4.36. The fraction of sp³-hybridized carbons (Fsp3) is 0.349. The zero-order valence-electron chi connectivity index (χ0n) is 36.5. The molecule has 0 amide bonds. The molecule has 3 aromatic carbocycles. The molecular weight excluding hydrogens is 878 g/mol. The van der Waals surface area contributed by atoms with Crippen LogP contribution >= 0.6 is 0 Å². The number of benzene rings is 3. The van der Waals surface area contributed by atoms with Crippen LogP contribution in [0.15, 0.2) is 96.2 Å². The zero-order valence-corrected chi connectivity index (χ0v) is 38.1. The van der Waals surface area contributed by atoms with Crippen LogP contribution in [0.25, 0.3) is 5.69 Å². The Hall–Kier alpha value is -6.03. The van der Waals surface area contributed by atoms with Gasteiger partial charge in [0.1, 0.15) is 30.0 Å². The lowest BCUT2D eigenvalue weighted by atomic mass is 10.1. The molecule has 0 fully saturated rings. The minimum atomic E-state index is -4.21. The Morgan fingerprint density at radius 2 is 1.16 bits per heavy atom. The van der Waals surface area contributed by atoms with Crippen LogP contribution in [-0.4, -0.2) is 81.0 Å². The second-order valence-corrected chi connectivity index (χ2v) is 16.7. The van der Waals surface area contributed by atoms with Gasteiger partial charge in [-0.2, -0.15) is 23.3 Å². The number of hydrogen-bond donors (Lipinski definition) is 0. The molecule has 0 aliphatic rings. The van der Waals surface area contributed by atoms with E-state index in [1.165, 1.54) is 41.8 Å². The van der Waals surface area contributed by atoms with E-state index in [2.05, 4.69) is 78.1 Å². The predicted octanol–water partition coefficient (Wildman–Crippen LogP) is 8.44. The average molecular weight is 937 g/mol. The summed E-state index contributed by atoms with van der Waals surface area (Å²) in [6.45, 7) is 13.3. The molecule has 21 heteroatoms. The fourth-order valence-corrected chi connectivity index (χ4v) is 5.00. The second-order valence-electron chi connectivity index (χ2n) is 13.0. The highest BCUT2D eigenvalue weighted by Crippen LogP contribution is 2.28. The van der Waals surface area contributed by atoms with Crippen molar-refractivity contribution in [2.24, 2.45) is 0 Å².